The maximum atomic E-state index is 14.5. The molecule has 0 aliphatic rings. The van der Waals surface area contributed by atoms with Crippen LogP contribution in [0.2, 0.25) is 0 Å². The molecule has 0 atom stereocenters. The number of hydrogen-bond donors (Lipinski definition) is 0. The van der Waals surface area contributed by atoms with E-state index in [1.54, 1.807) is 24.3 Å². The van der Waals surface area contributed by atoms with Crippen LogP contribution in [0.25, 0.3) is 22.3 Å². The Morgan fingerprint density at radius 3 is 1.97 bits per heavy atom. The predicted molar refractivity (Wildman–Crippen MR) is 93.8 cm³/mol. The highest BCUT2D eigenvalue weighted by atomic mass is 19.4. The highest BCUT2D eigenvalue weighted by Crippen LogP contribution is 2.42. The topological polar surface area (TPSA) is 35.0 Å². The number of benzene rings is 2. The van der Waals surface area contributed by atoms with Crippen molar-refractivity contribution in [1.29, 1.82) is 0 Å². The quantitative estimate of drug-likeness (QED) is 0.509. The zero-order valence-corrected chi connectivity index (χ0v) is 15.2. The first-order chi connectivity index (χ1) is 13.6. The summed E-state index contributed by atoms with van der Waals surface area (Å²) in [5, 5.41) is 7.35. The maximum absolute atomic E-state index is 14.5. The summed E-state index contributed by atoms with van der Waals surface area (Å²) in [7, 11) is 0. The highest BCUT2D eigenvalue weighted by molar-refractivity contribution is 5.88. The molecule has 3 rings (SSSR count). The van der Waals surface area contributed by atoms with E-state index < -0.39 is 41.7 Å². The molecule has 1 aromatic heterocycles. The van der Waals surface area contributed by atoms with E-state index in [9.17, 15) is 26.3 Å². The van der Waals surface area contributed by atoms with Gasteiger partial charge in [0.1, 0.15) is 17.5 Å². The summed E-state index contributed by atoms with van der Waals surface area (Å²) in [6, 6.07) is 7.53. The first-order valence-electron chi connectivity index (χ1n) is 8.35. The van der Waals surface area contributed by atoms with Crippen LogP contribution in [-0.4, -0.2) is 23.0 Å². The van der Waals surface area contributed by atoms with Gasteiger partial charge in [0.15, 0.2) is 6.61 Å². The van der Waals surface area contributed by atoms with Crippen molar-refractivity contribution in [2.24, 2.45) is 0 Å². The molecule has 0 spiro atoms. The lowest BCUT2D eigenvalue weighted by atomic mass is 9.93. The van der Waals surface area contributed by atoms with Crippen LogP contribution in [0, 0.1) is 31.3 Å². The molecule has 3 nitrogen and oxygen atoms in total. The SMILES string of the molecule is Cc1ccc(-c2c(C)nnc(OCC(F)(F)F)c2-c2c(F)cc(F)cc2F)cc1. The fraction of sp³-hybridized carbons (Fsp3) is 0.200. The number of alkyl halides is 3. The van der Waals surface area contributed by atoms with Crippen molar-refractivity contribution in [2.45, 2.75) is 20.0 Å². The normalized spacial score (nSPS) is 11.6. The molecule has 0 aliphatic carbocycles. The largest absolute Gasteiger partial charge is 0.466 e. The zero-order valence-electron chi connectivity index (χ0n) is 15.2. The van der Waals surface area contributed by atoms with E-state index in [1.807, 2.05) is 6.92 Å². The van der Waals surface area contributed by atoms with E-state index in [1.165, 1.54) is 6.92 Å². The summed E-state index contributed by atoms with van der Waals surface area (Å²) in [6.07, 6.45) is -4.71. The molecule has 1 heterocycles. The molecule has 0 bridgehead atoms. The predicted octanol–water partition coefficient (Wildman–Crippen LogP) is 5.79. The molecule has 2 aromatic carbocycles. The summed E-state index contributed by atoms with van der Waals surface area (Å²) in [5.74, 6) is -4.50. The molecule has 0 radical (unpaired) electrons. The minimum absolute atomic E-state index is 0.126. The van der Waals surface area contributed by atoms with Crippen LogP contribution in [0.5, 0.6) is 5.88 Å². The molecule has 9 heteroatoms. The van der Waals surface area contributed by atoms with Crippen LogP contribution in [0.4, 0.5) is 26.3 Å². The second kappa shape index (κ2) is 7.73. The molecule has 0 N–H and O–H groups in total. The molecule has 0 saturated carbocycles. The number of halogens is 6. The molecule has 29 heavy (non-hydrogen) atoms. The first kappa shape index (κ1) is 20.6. The standard InChI is InChI=1S/C20H14F6N2O/c1-10-3-5-12(6-4-10)16-11(2)27-28-19(29-9-20(24,25)26)18(16)17-14(22)7-13(21)8-15(17)23/h3-8H,9H2,1-2H3. The summed E-state index contributed by atoms with van der Waals surface area (Å²) < 4.78 is 85.2. The highest BCUT2D eigenvalue weighted by Gasteiger charge is 2.31. The smallest absolute Gasteiger partial charge is 0.422 e. The molecule has 0 saturated heterocycles. The number of ether oxygens (including phenoxy) is 1. The summed E-state index contributed by atoms with van der Waals surface area (Å²) >= 11 is 0. The molecular weight excluding hydrogens is 398 g/mol. The van der Waals surface area contributed by atoms with E-state index >= 15 is 0 Å². The van der Waals surface area contributed by atoms with Crippen molar-refractivity contribution < 1.29 is 31.1 Å². The Morgan fingerprint density at radius 1 is 0.828 bits per heavy atom. The third-order valence-corrected chi connectivity index (χ3v) is 4.09. The second-order valence-electron chi connectivity index (χ2n) is 6.35. The van der Waals surface area contributed by atoms with Gasteiger partial charge in [0.05, 0.1) is 16.8 Å². The number of rotatable bonds is 4. The van der Waals surface area contributed by atoms with Crippen LogP contribution in [-0.2, 0) is 0 Å². The van der Waals surface area contributed by atoms with Crippen molar-refractivity contribution in [3.63, 3.8) is 0 Å². The van der Waals surface area contributed by atoms with Crippen LogP contribution in [0.3, 0.4) is 0 Å². The van der Waals surface area contributed by atoms with Gasteiger partial charge in [-0.3, -0.25) is 0 Å². The average molecular weight is 412 g/mol. The van der Waals surface area contributed by atoms with Crippen molar-refractivity contribution in [2.75, 3.05) is 6.61 Å². The zero-order chi connectivity index (χ0) is 21.3. The first-order valence-corrected chi connectivity index (χ1v) is 8.35. The van der Waals surface area contributed by atoms with Crippen LogP contribution in [0.1, 0.15) is 11.3 Å². The summed E-state index contributed by atoms with van der Waals surface area (Å²) in [4.78, 5) is 0. The van der Waals surface area contributed by atoms with Gasteiger partial charge in [0.2, 0.25) is 5.88 Å². The Hall–Kier alpha value is -3.10. The van der Waals surface area contributed by atoms with Gasteiger partial charge >= 0.3 is 6.18 Å². The van der Waals surface area contributed by atoms with Gasteiger partial charge in [-0.2, -0.15) is 18.3 Å². The monoisotopic (exact) mass is 412 g/mol. The minimum Gasteiger partial charge on any atom is -0.466 e. The van der Waals surface area contributed by atoms with Gasteiger partial charge < -0.3 is 4.74 Å². The summed E-state index contributed by atoms with van der Waals surface area (Å²) in [6.45, 7) is 1.56. The van der Waals surface area contributed by atoms with Crippen LogP contribution >= 0.6 is 0 Å². The van der Waals surface area contributed by atoms with Crippen LogP contribution in [0.15, 0.2) is 36.4 Å². The van der Waals surface area contributed by atoms with E-state index in [4.69, 9.17) is 4.74 Å². The third-order valence-electron chi connectivity index (χ3n) is 4.09. The van der Waals surface area contributed by atoms with Gasteiger partial charge in [-0.05, 0) is 19.4 Å². The number of hydrogen-bond acceptors (Lipinski definition) is 3. The Labute approximate surface area is 162 Å². The summed E-state index contributed by atoms with van der Waals surface area (Å²) in [5.41, 5.74) is 0.520. The van der Waals surface area contributed by atoms with Gasteiger partial charge in [-0.15, -0.1) is 5.10 Å². The Bertz CT molecular complexity index is 1030. The molecule has 0 fully saturated rings. The average Bonchev–Trinajstić information content (AvgIpc) is 2.60. The van der Waals surface area contributed by atoms with E-state index in [2.05, 4.69) is 10.2 Å². The van der Waals surface area contributed by atoms with Crippen LogP contribution < -0.4 is 4.74 Å². The number of aryl methyl sites for hydroxylation is 2. The Balaban J connectivity index is 2.32. The Morgan fingerprint density at radius 2 is 1.41 bits per heavy atom. The van der Waals surface area contributed by atoms with E-state index in [0.717, 1.165) is 5.56 Å². The van der Waals surface area contributed by atoms with Crippen molar-refractivity contribution >= 4 is 0 Å². The lowest BCUT2D eigenvalue weighted by Crippen LogP contribution is -2.20. The lowest BCUT2D eigenvalue weighted by molar-refractivity contribution is -0.154. The maximum Gasteiger partial charge on any atom is 0.422 e. The number of nitrogens with zero attached hydrogens (tertiary/aromatic N) is 2. The molecule has 0 aliphatic heterocycles. The molecule has 3 aromatic rings. The van der Waals surface area contributed by atoms with Gasteiger partial charge in [0.25, 0.3) is 0 Å². The van der Waals surface area contributed by atoms with Crippen molar-refractivity contribution in [3.05, 3.63) is 65.1 Å². The van der Waals surface area contributed by atoms with Crippen molar-refractivity contribution in [1.82, 2.24) is 10.2 Å². The van der Waals surface area contributed by atoms with E-state index in [0.29, 0.717) is 17.7 Å². The van der Waals surface area contributed by atoms with E-state index in [-0.39, 0.29) is 16.8 Å². The molecule has 0 unspecified atom stereocenters. The number of aromatic nitrogens is 2. The fourth-order valence-electron chi connectivity index (χ4n) is 2.85. The van der Waals surface area contributed by atoms with Crippen molar-refractivity contribution in [3.8, 4) is 28.1 Å². The van der Waals surface area contributed by atoms with Gasteiger partial charge in [-0.1, -0.05) is 29.8 Å². The second-order valence-corrected chi connectivity index (χ2v) is 6.35. The van der Waals surface area contributed by atoms with Gasteiger partial charge in [-0.25, -0.2) is 13.2 Å². The molecule has 152 valence electrons. The Kier molecular flexibility index (Phi) is 5.50. The molecular formula is C20H14F6N2O. The minimum atomic E-state index is -4.71. The fourth-order valence-corrected chi connectivity index (χ4v) is 2.85. The lowest BCUT2D eigenvalue weighted by Gasteiger charge is -2.18. The molecule has 0 amide bonds. The van der Waals surface area contributed by atoms with Gasteiger partial charge in [0, 0.05) is 17.7 Å². The third kappa shape index (κ3) is 4.49.